The fourth-order valence-corrected chi connectivity index (χ4v) is 4.07. The Morgan fingerprint density at radius 2 is 1.96 bits per heavy atom. The molecule has 1 aromatic carbocycles. The van der Waals surface area contributed by atoms with Gasteiger partial charge in [0.15, 0.2) is 0 Å². The van der Waals surface area contributed by atoms with E-state index in [1.807, 2.05) is 20.8 Å². The Hall–Kier alpha value is -1.12. The summed E-state index contributed by atoms with van der Waals surface area (Å²) in [6.45, 7) is 7.20. The number of ether oxygens (including phenoxy) is 1. The fourth-order valence-electron chi connectivity index (χ4n) is 1.94. The van der Waals surface area contributed by atoms with E-state index in [-0.39, 0.29) is 23.9 Å². The SMILES string of the molecule is CCN(CC(=O)NC(C)(C)C)S(=O)(=O)c1ccc(OC)c(Br)c1. The van der Waals surface area contributed by atoms with Crippen molar-refractivity contribution in [3.05, 3.63) is 22.7 Å². The summed E-state index contributed by atoms with van der Waals surface area (Å²) in [5, 5.41) is 2.76. The molecule has 1 amide bonds. The van der Waals surface area contributed by atoms with Gasteiger partial charge >= 0.3 is 0 Å². The summed E-state index contributed by atoms with van der Waals surface area (Å²) >= 11 is 3.27. The predicted octanol–water partition coefficient (Wildman–Crippen LogP) is 2.38. The van der Waals surface area contributed by atoms with Gasteiger partial charge in [-0.15, -0.1) is 0 Å². The molecule has 6 nitrogen and oxygen atoms in total. The highest BCUT2D eigenvalue weighted by molar-refractivity contribution is 9.10. The van der Waals surface area contributed by atoms with Crippen LogP contribution >= 0.6 is 15.9 Å². The molecule has 23 heavy (non-hydrogen) atoms. The van der Waals surface area contributed by atoms with Gasteiger partial charge in [0.1, 0.15) is 5.75 Å². The minimum atomic E-state index is -3.76. The number of rotatable bonds is 6. The highest BCUT2D eigenvalue weighted by atomic mass is 79.9. The molecule has 8 heteroatoms. The molecule has 0 bridgehead atoms. The van der Waals surface area contributed by atoms with Crippen molar-refractivity contribution in [3.8, 4) is 5.75 Å². The highest BCUT2D eigenvalue weighted by Crippen LogP contribution is 2.28. The van der Waals surface area contributed by atoms with E-state index in [0.29, 0.717) is 10.2 Å². The second-order valence-electron chi connectivity index (χ2n) is 6.03. The molecule has 1 aromatic rings. The third kappa shape index (κ3) is 5.47. The van der Waals surface area contributed by atoms with Crippen LogP contribution in [0.4, 0.5) is 0 Å². The average Bonchev–Trinajstić information content (AvgIpc) is 2.42. The maximum Gasteiger partial charge on any atom is 0.243 e. The van der Waals surface area contributed by atoms with E-state index in [2.05, 4.69) is 21.2 Å². The molecule has 0 fully saturated rings. The van der Waals surface area contributed by atoms with Crippen LogP contribution in [0.1, 0.15) is 27.7 Å². The molecule has 0 heterocycles. The quantitative estimate of drug-likeness (QED) is 0.786. The van der Waals surface area contributed by atoms with Gasteiger partial charge in [0.2, 0.25) is 15.9 Å². The summed E-state index contributed by atoms with van der Waals surface area (Å²) in [5.74, 6) is 0.202. The van der Waals surface area contributed by atoms with Gasteiger partial charge < -0.3 is 10.1 Å². The minimum Gasteiger partial charge on any atom is -0.496 e. The molecule has 1 rings (SSSR count). The van der Waals surface area contributed by atoms with E-state index in [9.17, 15) is 13.2 Å². The molecule has 0 saturated heterocycles. The Balaban J connectivity index is 3.04. The third-order valence-corrected chi connectivity index (χ3v) is 5.48. The molecular weight excluding hydrogens is 384 g/mol. The number of nitrogens with one attached hydrogen (secondary N) is 1. The lowest BCUT2D eigenvalue weighted by molar-refractivity contribution is -0.122. The van der Waals surface area contributed by atoms with Crippen molar-refractivity contribution in [1.82, 2.24) is 9.62 Å². The Morgan fingerprint density at radius 3 is 2.39 bits per heavy atom. The summed E-state index contributed by atoms with van der Waals surface area (Å²) in [4.78, 5) is 12.1. The molecule has 1 N–H and O–H groups in total. The van der Waals surface area contributed by atoms with Crippen molar-refractivity contribution < 1.29 is 17.9 Å². The number of carbonyl (C=O) groups excluding carboxylic acids is 1. The fraction of sp³-hybridized carbons (Fsp3) is 0.533. The normalized spacial score (nSPS) is 12.3. The maximum absolute atomic E-state index is 12.7. The lowest BCUT2D eigenvalue weighted by atomic mass is 10.1. The maximum atomic E-state index is 12.7. The second kappa shape index (κ2) is 7.63. The van der Waals surface area contributed by atoms with Gasteiger partial charge in [-0.05, 0) is 54.9 Å². The van der Waals surface area contributed by atoms with Crippen LogP contribution < -0.4 is 10.1 Å². The number of sulfonamides is 1. The van der Waals surface area contributed by atoms with Gasteiger partial charge in [-0.25, -0.2) is 8.42 Å². The topological polar surface area (TPSA) is 75.7 Å². The Labute approximate surface area is 146 Å². The molecule has 0 saturated carbocycles. The zero-order chi connectivity index (χ0) is 17.8. The third-order valence-electron chi connectivity index (χ3n) is 2.95. The standard InChI is InChI=1S/C15H23BrN2O4S/c1-6-18(10-14(19)17-15(2,3)4)23(20,21)11-7-8-13(22-5)12(16)9-11/h7-9H,6,10H2,1-5H3,(H,17,19). The van der Waals surface area contributed by atoms with Gasteiger partial charge in [0.25, 0.3) is 0 Å². The number of benzene rings is 1. The molecule has 0 aliphatic heterocycles. The van der Waals surface area contributed by atoms with Gasteiger partial charge in [0.05, 0.1) is 23.0 Å². The monoisotopic (exact) mass is 406 g/mol. The van der Waals surface area contributed by atoms with Crippen LogP contribution in [0.3, 0.4) is 0 Å². The van der Waals surface area contributed by atoms with Gasteiger partial charge in [-0.2, -0.15) is 4.31 Å². The van der Waals surface area contributed by atoms with Crippen LogP contribution in [0.5, 0.6) is 5.75 Å². The van der Waals surface area contributed by atoms with Crippen molar-refractivity contribution in [2.45, 2.75) is 38.1 Å². The van der Waals surface area contributed by atoms with E-state index in [1.165, 1.54) is 19.2 Å². The number of halogens is 1. The van der Waals surface area contributed by atoms with E-state index in [4.69, 9.17) is 4.74 Å². The van der Waals surface area contributed by atoms with Crippen molar-refractivity contribution in [1.29, 1.82) is 0 Å². The molecule has 0 unspecified atom stereocenters. The first kappa shape index (κ1) is 19.9. The first-order valence-corrected chi connectivity index (χ1v) is 9.39. The molecule has 0 aliphatic rings. The van der Waals surface area contributed by atoms with Crippen LogP contribution in [0, 0.1) is 0 Å². The van der Waals surface area contributed by atoms with E-state index >= 15 is 0 Å². The van der Waals surface area contributed by atoms with E-state index < -0.39 is 15.6 Å². The minimum absolute atomic E-state index is 0.107. The summed E-state index contributed by atoms with van der Waals surface area (Å²) in [5.41, 5.74) is -0.413. The summed E-state index contributed by atoms with van der Waals surface area (Å²) in [6.07, 6.45) is 0. The first-order valence-electron chi connectivity index (χ1n) is 7.16. The molecule has 0 aliphatic carbocycles. The number of hydrogen-bond acceptors (Lipinski definition) is 4. The Morgan fingerprint density at radius 1 is 1.35 bits per heavy atom. The van der Waals surface area contributed by atoms with Gasteiger partial charge in [-0.1, -0.05) is 6.92 Å². The smallest absolute Gasteiger partial charge is 0.243 e. The lowest BCUT2D eigenvalue weighted by Crippen LogP contribution is -2.47. The Kier molecular flexibility index (Phi) is 6.61. The number of amides is 1. The van der Waals surface area contributed by atoms with Crippen LogP contribution in [0.2, 0.25) is 0 Å². The lowest BCUT2D eigenvalue weighted by Gasteiger charge is -2.24. The van der Waals surface area contributed by atoms with Gasteiger partial charge in [-0.3, -0.25) is 4.79 Å². The molecule has 130 valence electrons. The highest BCUT2D eigenvalue weighted by Gasteiger charge is 2.27. The van der Waals surface area contributed by atoms with Crippen molar-refractivity contribution in [3.63, 3.8) is 0 Å². The largest absolute Gasteiger partial charge is 0.496 e. The van der Waals surface area contributed by atoms with E-state index in [1.54, 1.807) is 13.0 Å². The summed E-state index contributed by atoms with van der Waals surface area (Å²) < 4.78 is 32.2. The number of hydrogen-bond donors (Lipinski definition) is 1. The number of carbonyl (C=O) groups is 1. The molecule has 0 spiro atoms. The summed E-state index contributed by atoms with van der Waals surface area (Å²) in [7, 11) is -2.26. The number of nitrogens with zero attached hydrogens (tertiary/aromatic N) is 1. The van der Waals surface area contributed by atoms with Crippen LogP contribution in [-0.2, 0) is 14.8 Å². The van der Waals surface area contributed by atoms with E-state index in [0.717, 1.165) is 4.31 Å². The van der Waals surface area contributed by atoms with Crippen LogP contribution in [-0.4, -0.2) is 44.4 Å². The predicted molar refractivity (Wildman–Crippen MR) is 93.0 cm³/mol. The van der Waals surface area contributed by atoms with Crippen LogP contribution in [0.25, 0.3) is 0 Å². The van der Waals surface area contributed by atoms with Crippen molar-refractivity contribution >= 4 is 31.9 Å². The number of methoxy groups -OCH3 is 1. The second-order valence-corrected chi connectivity index (χ2v) is 8.82. The first-order chi connectivity index (χ1) is 10.5. The average molecular weight is 407 g/mol. The number of likely N-dealkylation sites (N-methyl/N-ethyl adjacent to an activating group) is 1. The van der Waals surface area contributed by atoms with Crippen molar-refractivity contribution in [2.75, 3.05) is 20.2 Å². The van der Waals surface area contributed by atoms with Gasteiger partial charge in [0, 0.05) is 12.1 Å². The molecule has 0 atom stereocenters. The van der Waals surface area contributed by atoms with Crippen molar-refractivity contribution in [2.24, 2.45) is 0 Å². The zero-order valence-corrected chi connectivity index (χ0v) is 16.4. The molecule has 0 aromatic heterocycles. The summed E-state index contributed by atoms with van der Waals surface area (Å²) in [6, 6.07) is 4.50. The molecule has 0 radical (unpaired) electrons. The Bertz CT molecular complexity index is 669. The zero-order valence-electron chi connectivity index (χ0n) is 14.0. The molecular formula is C15H23BrN2O4S. The van der Waals surface area contributed by atoms with Crippen LogP contribution in [0.15, 0.2) is 27.6 Å².